The van der Waals surface area contributed by atoms with Crippen LogP contribution in [-0.2, 0) is 19.2 Å². The van der Waals surface area contributed by atoms with E-state index in [9.17, 15) is 0 Å². The maximum absolute atomic E-state index is 2.38. The molecule has 0 fully saturated rings. The van der Waals surface area contributed by atoms with Gasteiger partial charge in [-0.15, -0.1) is 0 Å². The van der Waals surface area contributed by atoms with Crippen LogP contribution in [0.4, 0.5) is 0 Å². The molecule has 0 bridgehead atoms. The van der Waals surface area contributed by atoms with Crippen molar-refractivity contribution in [1.29, 1.82) is 0 Å². The van der Waals surface area contributed by atoms with Gasteiger partial charge in [0.15, 0.2) is 0 Å². The molecule has 0 aromatic carbocycles. The van der Waals surface area contributed by atoms with Crippen molar-refractivity contribution >= 4 is 0 Å². The Morgan fingerprint density at radius 3 is 1.63 bits per heavy atom. The first-order chi connectivity index (χ1) is 8.35. The Hall–Kier alpha value is 0.254. The van der Waals surface area contributed by atoms with Crippen LogP contribution in [0, 0.1) is 0 Å². The van der Waals surface area contributed by atoms with Crippen LogP contribution in [0.2, 0.25) is 0 Å². The molecule has 0 aromatic heterocycles. The van der Waals surface area contributed by atoms with Crippen LogP contribution < -0.4 is 24.8 Å². The molecular formula is C16H22Cl2Ti. The average molecular weight is 333 g/mol. The molecule has 0 radical (unpaired) electrons. The first-order valence-corrected chi connectivity index (χ1v) is 8.45. The summed E-state index contributed by atoms with van der Waals surface area (Å²) >= 11 is -0.000648. The summed E-state index contributed by atoms with van der Waals surface area (Å²) in [6.07, 6.45) is 17.1. The molecule has 0 heterocycles. The van der Waals surface area contributed by atoms with Gasteiger partial charge in [-0.1, -0.05) is 0 Å². The predicted octanol–water partition coefficient (Wildman–Crippen LogP) is -0.895. The van der Waals surface area contributed by atoms with E-state index < -0.39 is 0 Å². The molecule has 19 heavy (non-hydrogen) atoms. The van der Waals surface area contributed by atoms with Crippen LogP contribution >= 0.6 is 0 Å². The normalized spacial score (nSPS) is 16.5. The van der Waals surface area contributed by atoms with Gasteiger partial charge in [0.1, 0.15) is 0 Å². The van der Waals surface area contributed by atoms with Gasteiger partial charge >= 0.3 is 115 Å². The molecule has 0 saturated heterocycles. The molecule has 0 aliphatic heterocycles. The molecule has 0 atom stereocenters. The first kappa shape index (κ1) is 19.3. The van der Waals surface area contributed by atoms with Gasteiger partial charge in [-0.25, -0.2) is 0 Å². The largest absolute Gasteiger partial charge is 1.00 e. The van der Waals surface area contributed by atoms with Gasteiger partial charge in [-0.2, -0.15) is 0 Å². The van der Waals surface area contributed by atoms with Crippen molar-refractivity contribution in [2.75, 3.05) is 0 Å². The van der Waals surface area contributed by atoms with Crippen LogP contribution in [0.5, 0.6) is 0 Å². The summed E-state index contributed by atoms with van der Waals surface area (Å²) < 4.78 is 3.61. The Morgan fingerprint density at radius 1 is 0.842 bits per heavy atom. The Kier molecular flexibility index (Phi) is 10.2. The Bertz CT molecular complexity index is 365. The molecule has 3 heteroatoms. The van der Waals surface area contributed by atoms with Crippen molar-refractivity contribution in [2.24, 2.45) is 0 Å². The van der Waals surface area contributed by atoms with Crippen LogP contribution in [0.15, 0.2) is 43.2 Å². The van der Waals surface area contributed by atoms with Crippen molar-refractivity contribution in [3.63, 3.8) is 0 Å². The molecule has 0 N–H and O–H groups in total. The molecule has 0 nitrogen and oxygen atoms in total. The zero-order valence-electron chi connectivity index (χ0n) is 11.8. The second kappa shape index (κ2) is 10.0. The van der Waals surface area contributed by atoms with E-state index >= 15 is 0 Å². The van der Waals surface area contributed by atoms with Crippen molar-refractivity contribution in [1.82, 2.24) is 0 Å². The van der Waals surface area contributed by atoms with E-state index in [-0.39, 0.29) is 44.0 Å². The maximum Gasteiger partial charge on any atom is -1.00 e. The van der Waals surface area contributed by atoms with E-state index in [4.69, 9.17) is 0 Å². The number of halogens is 2. The topological polar surface area (TPSA) is 0 Å². The van der Waals surface area contributed by atoms with E-state index in [1.165, 1.54) is 38.5 Å². The number of allylic oxidation sites excluding steroid dienone is 8. The Morgan fingerprint density at radius 2 is 1.26 bits per heavy atom. The quantitative estimate of drug-likeness (QED) is 0.553. The molecule has 0 unspecified atom stereocenters. The molecule has 0 aromatic rings. The SMILES string of the molecule is CCCC1=[C]([Ti+2][C]2=C(CCC)C=CC2)CC=C1.[Cl-].[Cl-]. The van der Waals surface area contributed by atoms with Gasteiger partial charge in [-0.05, 0) is 0 Å². The molecule has 2 rings (SSSR count). The van der Waals surface area contributed by atoms with Crippen molar-refractivity contribution in [2.45, 2.75) is 52.4 Å². The molecule has 104 valence electrons. The van der Waals surface area contributed by atoms with Gasteiger partial charge in [0.25, 0.3) is 0 Å². The predicted molar refractivity (Wildman–Crippen MR) is 71.4 cm³/mol. The summed E-state index contributed by atoms with van der Waals surface area (Å²) in [5.74, 6) is 0. The summed E-state index contributed by atoms with van der Waals surface area (Å²) in [6, 6.07) is 0. The van der Waals surface area contributed by atoms with Gasteiger partial charge in [0, 0.05) is 0 Å². The Labute approximate surface area is 139 Å². The van der Waals surface area contributed by atoms with Gasteiger partial charge in [0.05, 0.1) is 0 Å². The molecule has 0 amide bonds. The van der Waals surface area contributed by atoms with Crippen LogP contribution in [0.3, 0.4) is 0 Å². The van der Waals surface area contributed by atoms with Crippen molar-refractivity contribution < 1.29 is 44.0 Å². The fourth-order valence-corrected chi connectivity index (χ4v) is 4.96. The minimum absolute atomic E-state index is 0. The van der Waals surface area contributed by atoms with Crippen LogP contribution in [0.25, 0.3) is 0 Å². The second-order valence-electron chi connectivity index (χ2n) is 4.85. The minimum atomic E-state index is -0.000648. The van der Waals surface area contributed by atoms with E-state index in [2.05, 4.69) is 38.2 Å². The summed E-state index contributed by atoms with van der Waals surface area (Å²) in [5, 5.41) is 0. The van der Waals surface area contributed by atoms with Gasteiger partial charge in [-0.3, -0.25) is 0 Å². The maximum atomic E-state index is 2.38. The molecule has 0 spiro atoms. The van der Waals surface area contributed by atoms with Crippen molar-refractivity contribution in [3.8, 4) is 0 Å². The Balaban J connectivity index is 0.00000162. The van der Waals surface area contributed by atoms with E-state index in [1.54, 1.807) is 18.9 Å². The number of rotatable bonds is 6. The second-order valence-corrected chi connectivity index (χ2v) is 7.12. The third kappa shape index (κ3) is 5.27. The number of hydrogen-bond donors (Lipinski definition) is 0. The summed E-state index contributed by atoms with van der Waals surface area (Å²) in [4.78, 5) is 0. The zero-order valence-corrected chi connectivity index (χ0v) is 14.9. The fourth-order valence-electron chi connectivity index (χ4n) is 2.55. The number of hydrogen-bond acceptors (Lipinski definition) is 0. The van der Waals surface area contributed by atoms with Crippen LogP contribution in [-0.4, -0.2) is 0 Å². The zero-order chi connectivity index (χ0) is 12.1. The summed E-state index contributed by atoms with van der Waals surface area (Å²) in [6.45, 7) is 4.57. The third-order valence-electron chi connectivity index (χ3n) is 3.40. The standard InChI is InChI=1S/2C8H11.2ClH.Ti/c2*1-2-5-8-6-3-4-7-8;;;/h2*3,6H,2,4-5H2,1H3;2*1H;/q;;;;+2/p-2. The molecule has 2 aliphatic carbocycles. The summed E-state index contributed by atoms with van der Waals surface area (Å²) in [7, 11) is 0. The van der Waals surface area contributed by atoms with Crippen molar-refractivity contribution in [3.05, 3.63) is 43.2 Å². The molecule has 0 saturated carbocycles. The van der Waals surface area contributed by atoms with Crippen LogP contribution in [0.1, 0.15) is 52.4 Å². The van der Waals surface area contributed by atoms with E-state index in [0.717, 1.165) is 0 Å². The van der Waals surface area contributed by atoms with Gasteiger partial charge in [0.2, 0.25) is 0 Å². The monoisotopic (exact) mass is 332 g/mol. The summed E-state index contributed by atoms with van der Waals surface area (Å²) in [5.41, 5.74) is 3.34. The first-order valence-electron chi connectivity index (χ1n) is 6.89. The smallest absolute Gasteiger partial charge is 1.00 e. The minimum Gasteiger partial charge on any atom is -1.00 e. The average Bonchev–Trinajstić information content (AvgIpc) is 2.92. The third-order valence-corrected chi connectivity index (χ3v) is 5.98. The van der Waals surface area contributed by atoms with E-state index in [1.807, 2.05) is 0 Å². The molecular weight excluding hydrogens is 311 g/mol. The molecule has 2 aliphatic rings. The van der Waals surface area contributed by atoms with E-state index in [0.29, 0.717) is 0 Å². The van der Waals surface area contributed by atoms with Gasteiger partial charge < -0.3 is 24.8 Å². The fraction of sp³-hybridized carbons (Fsp3) is 0.500.